The van der Waals surface area contributed by atoms with E-state index in [0.717, 1.165) is 11.5 Å². The van der Waals surface area contributed by atoms with Crippen LogP contribution in [0.2, 0.25) is 0 Å². The fraction of sp³-hybridized carbons (Fsp3) is 0.500. The molecule has 0 saturated carbocycles. The average molecular weight is 351 g/mol. The van der Waals surface area contributed by atoms with Crippen LogP contribution in [0.4, 0.5) is 13.2 Å². The Morgan fingerprint density at radius 2 is 1.86 bits per heavy atom. The van der Waals surface area contributed by atoms with E-state index in [2.05, 4.69) is 0 Å². The number of carbonyl (C=O) groups excluding carboxylic acids is 1. The molecule has 122 valence electrons. The van der Waals surface area contributed by atoms with Crippen LogP contribution < -0.4 is 10.1 Å². The standard InChI is InChI=1S/C14H16F3NO2S2/c15-14(16,17)9-18-12(19)8-20-11-4-2-10(3-5-11)13-21-6-1-7-22-13/h2-5,13H,1,6-9H2,(H,18,19). The van der Waals surface area contributed by atoms with Gasteiger partial charge in [0.2, 0.25) is 0 Å². The van der Waals surface area contributed by atoms with Gasteiger partial charge < -0.3 is 10.1 Å². The highest BCUT2D eigenvalue weighted by atomic mass is 32.2. The van der Waals surface area contributed by atoms with Gasteiger partial charge in [-0.15, -0.1) is 23.5 Å². The molecule has 22 heavy (non-hydrogen) atoms. The van der Waals surface area contributed by atoms with Crippen LogP contribution in [0.5, 0.6) is 5.75 Å². The second-order valence-electron chi connectivity index (χ2n) is 4.68. The van der Waals surface area contributed by atoms with Crippen molar-refractivity contribution in [2.45, 2.75) is 17.2 Å². The van der Waals surface area contributed by atoms with E-state index >= 15 is 0 Å². The van der Waals surface area contributed by atoms with Crippen LogP contribution >= 0.6 is 23.5 Å². The van der Waals surface area contributed by atoms with E-state index in [1.807, 2.05) is 35.7 Å². The Labute approximate surface area is 135 Å². The van der Waals surface area contributed by atoms with Crippen LogP contribution in [0.15, 0.2) is 24.3 Å². The third-order valence-corrected chi connectivity index (χ3v) is 5.85. The number of thioether (sulfide) groups is 2. The molecule has 0 spiro atoms. The summed E-state index contributed by atoms with van der Waals surface area (Å²) in [7, 11) is 0. The van der Waals surface area contributed by atoms with E-state index < -0.39 is 25.2 Å². The first-order chi connectivity index (χ1) is 10.4. The van der Waals surface area contributed by atoms with Crippen LogP contribution in [0.3, 0.4) is 0 Å². The van der Waals surface area contributed by atoms with Gasteiger partial charge in [-0.3, -0.25) is 4.79 Å². The molecule has 1 heterocycles. The number of hydrogen-bond acceptors (Lipinski definition) is 4. The minimum absolute atomic E-state index is 0.415. The third-order valence-electron chi connectivity index (χ3n) is 2.84. The van der Waals surface area contributed by atoms with Gasteiger partial charge in [0.1, 0.15) is 12.3 Å². The molecule has 1 aromatic carbocycles. The van der Waals surface area contributed by atoms with Crippen LogP contribution in [0, 0.1) is 0 Å². The van der Waals surface area contributed by atoms with Gasteiger partial charge in [-0.1, -0.05) is 12.1 Å². The molecule has 0 aromatic heterocycles. The Balaban J connectivity index is 1.77. The van der Waals surface area contributed by atoms with Crippen LogP contribution in [0.1, 0.15) is 16.6 Å². The second kappa shape index (κ2) is 8.01. The number of alkyl halides is 3. The molecule has 0 unspecified atom stereocenters. The van der Waals surface area contributed by atoms with Crippen molar-refractivity contribution in [2.75, 3.05) is 24.7 Å². The molecule has 3 nitrogen and oxygen atoms in total. The van der Waals surface area contributed by atoms with E-state index in [9.17, 15) is 18.0 Å². The summed E-state index contributed by atoms with van der Waals surface area (Å²) >= 11 is 3.80. The van der Waals surface area contributed by atoms with Gasteiger partial charge in [0.25, 0.3) is 5.91 Å². The van der Waals surface area contributed by atoms with E-state index in [-0.39, 0.29) is 0 Å². The lowest BCUT2D eigenvalue weighted by Gasteiger charge is -2.21. The molecule has 1 amide bonds. The number of amides is 1. The van der Waals surface area contributed by atoms with Gasteiger partial charge in [-0.25, -0.2) is 0 Å². The van der Waals surface area contributed by atoms with Gasteiger partial charge >= 0.3 is 6.18 Å². The molecule has 0 radical (unpaired) electrons. The van der Waals surface area contributed by atoms with E-state index in [4.69, 9.17) is 4.74 Å². The lowest BCUT2D eigenvalue weighted by atomic mass is 10.2. The maximum atomic E-state index is 11.9. The van der Waals surface area contributed by atoms with Crippen molar-refractivity contribution in [1.82, 2.24) is 5.32 Å². The Kier molecular flexibility index (Phi) is 6.31. The SMILES string of the molecule is O=C(COc1ccc(C2SCCCS2)cc1)NCC(F)(F)F. The number of ether oxygens (including phenoxy) is 1. The smallest absolute Gasteiger partial charge is 0.405 e. The zero-order chi connectivity index (χ0) is 16.0. The zero-order valence-corrected chi connectivity index (χ0v) is 13.3. The fourth-order valence-corrected chi connectivity index (χ4v) is 4.69. The van der Waals surface area contributed by atoms with Crippen molar-refractivity contribution in [3.05, 3.63) is 29.8 Å². The van der Waals surface area contributed by atoms with Gasteiger partial charge in [-0.2, -0.15) is 13.2 Å². The Morgan fingerprint density at radius 3 is 2.45 bits per heavy atom. The summed E-state index contributed by atoms with van der Waals surface area (Å²) in [4.78, 5) is 11.2. The second-order valence-corrected chi connectivity index (χ2v) is 7.40. The fourth-order valence-electron chi connectivity index (χ4n) is 1.80. The minimum atomic E-state index is -4.41. The monoisotopic (exact) mass is 351 g/mol. The molecule has 1 saturated heterocycles. The first kappa shape index (κ1) is 17.3. The highest BCUT2D eigenvalue weighted by Crippen LogP contribution is 2.43. The Hall–Kier alpha value is -1.02. The molecule has 1 N–H and O–H groups in total. The largest absolute Gasteiger partial charge is 0.484 e. The Bertz CT molecular complexity index is 488. The molecule has 0 bridgehead atoms. The van der Waals surface area contributed by atoms with E-state index in [0.29, 0.717) is 10.3 Å². The maximum absolute atomic E-state index is 11.9. The molecule has 0 aliphatic carbocycles. The molecule has 8 heteroatoms. The molecule has 1 aromatic rings. The predicted molar refractivity (Wildman–Crippen MR) is 83.3 cm³/mol. The summed E-state index contributed by atoms with van der Waals surface area (Å²) in [5.74, 6) is 1.97. The molecule has 1 aliphatic heterocycles. The van der Waals surface area contributed by atoms with Crippen LogP contribution in [0.25, 0.3) is 0 Å². The highest BCUT2D eigenvalue weighted by Gasteiger charge is 2.27. The number of halogens is 3. The quantitative estimate of drug-likeness (QED) is 0.879. The number of rotatable bonds is 5. The number of hydrogen-bond donors (Lipinski definition) is 1. The predicted octanol–water partition coefficient (Wildman–Crippen LogP) is 3.61. The normalized spacial score (nSPS) is 16.3. The summed E-state index contributed by atoms with van der Waals surface area (Å²) in [6.07, 6.45) is -3.19. The highest BCUT2D eigenvalue weighted by molar-refractivity contribution is 8.16. The first-order valence-corrected chi connectivity index (χ1v) is 8.83. The average Bonchev–Trinajstić information content (AvgIpc) is 2.51. The summed E-state index contributed by atoms with van der Waals surface area (Å²) in [5.41, 5.74) is 1.18. The summed E-state index contributed by atoms with van der Waals surface area (Å²) < 4.78 is 41.4. The van der Waals surface area contributed by atoms with Crippen molar-refractivity contribution < 1.29 is 22.7 Å². The summed E-state index contributed by atoms with van der Waals surface area (Å²) in [5, 5.41) is 1.76. The number of benzene rings is 1. The van der Waals surface area contributed by atoms with Crippen molar-refractivity contribution in [2.24, 2.45) is 0 Å². The van der Waals surface area contributed by atoms with Gasteiger partial charge in [-0.05, 0) is 35.6 Å². The molecule has 1 aliphatic rings. The molecule has 2 rings (SSSR count). The molecule has 1 fully saturated rings. The Morgan fingerprint density at radius 1 is 1.23 bits per heavy atom. The molecular weight excluding hydrogens is 335 g/mol. The van der Waals surface area contributed by atoms with Crippen molar-refractivity contribution in [3.63, 3.8) is 0 Å². The number of carbonyl (C=O) groups is 1. The number of nitrogens with one attached hydrogen (secondary N) is 1. The maximum Gasteiger partial charge on any atom is 0.405 e. The summed E-state index contributed by atoms with van der Waals surface area (Å²) in [6.45, 7) is -1.77. The van der Waals surface area contributed by atoms with E-state index in [1.165, 1.54) is 12.0 Å². The van der Waals surface area contributed by atoms with E-state index in [1.54, 1.807) is 17.4 Å². The van der Waals surface area contributed by atoms with Gasteiger partial charge in [0.05, 0.1) is 4.58 Å². The lowest BCUT2D eigenvalue weighted by molar-refractivity contribution is -0.139. The van der Waals surface area contributed by atoms with Crippen LogP contribution in [-0.4, -0.2) is 36.7 Å². The third kappa shape index (κ3) is 6.00. The van der Waals surface area contributed by atoms with Gasteiger partial charge in [0, 0.05) is 0 Å². The minimum Gasteiger partial charge on any atom is -0.484 e. The first-order valence-electron chi connectivity index (χ1n) is 6.73. The lowest BCUT2D eigenvalue weighted by Crippen LogP contribution is -2.36. The van der Waals surface area contributed by atoms with Crippen LogP contribution in [-0.2, 0) is 4.79 Å². The zero-order valence-electron chi connectivity index (χ0n) is 11.7. The summed E-state index contributed by atoms with van der Waals surface area (Å²) in [6, 6.07) is 7.34. The molecular formula is C14H16F3NO2S2. The van der Waals surface area contributed by atoms with Crippen molar-refractivity contribution in [1.29, 1.82) is 0 Å². The molecule has 0 atom stereocenters. The van der Waals surface area contributed by atoms with Gasteiger partial charge in [0.15, 0.2) is 6.61 Å². The topological polar surface area (TPSA) is 38.3 Å². The van der Waals surface area contributed by atoms with Crippen molar-refractivity contribution in [3.8, 4) is 5.75 Å². The van der Waals surface area contributed by atoms with Crippen molar-refractivity contribution >= 4 is 29.4 Å².